The highest BCUT2D eigenvalue weighted by molar-refractivity contribution is 6.15. The number of hydrogen-bond acceptors (Lipinski definition) is 6. The molecule has 0 aliphatic carbocycles. The van der Waals surface area contributed by atoms with E-state index in [-0.39, 0.29) is 30.6 Å². The summed E-state index contributed by atoms with van der Waals surface area (Å²) in [6, 6.07) is 12.7. The lowest BCUT2D eigenvalue weighted by Gasteiger charge is -2.23. The molecule has 0 radical (unpaired) electrons. The molecule has 0 aliphatic rings. The van der Waals surface area contributed by atoms with Crippen molar-refractivity contribution in [1.82, 2.24) is 0 Å². The first kappa shape index (κ1) is 20.1. The maximum atomic E-state index is 12.5. The topological polar surface area (TPSA) is 136 Å². The monoisotopic (exact) mass is 371 g/mol. The number of ketones is 1. The molecule has 2 rings (SSSR count). The molecule has 0 fully saturated rings. The number of carboxylic acids is 1. The van der Waals surface area contributed by atoms with E-state index >= 15 is 0 Å². The maximum absolute atomic E-state index is 12.5. The Morgan fingerprint density at radius 3 is 2.48 bits per heavy atom. The fraction of sp³-hybridized carbons (Fsp3) is 0.263. The number of aryl methyl sites for hydroxylation is 1. The van der Waals surface area contributed by atoms with Gasteiger partial charge < -0.3 is 16.2 Å². The number of anilines is 1. The summed E-state index contributed by atoms with van der Waals surface area (Å²) in [6.07, 6.45) is 0.134. The van der Waals surface area contributed by atoms with Crippen LogP contribution < -0.4 is 11.1 Å². The van der Waals surface area contributed by atoms with Crippen LogP contribution in [0.3, 0.4) is 0 Å². The van der Waals surface area contributed by atoms with Gasteiger partial charge in [-0.1, -0.05) is 36.4 Å². The third kappa shape index (κ3) is 4.68. The van der Waals surface area contributed by atoms with Crippen molar-refractivity contribution in [2.45, 2.75) is 25.3 Å². The lowest BCUT2D eigenvalue weighted by molar-refractivity contribution is -0.384. The van der Waals surface area contributed by atoms with Crippen molar-refractivity contribution < 1.29 is 19.6 Å². The largest absolute Gasteiger partial charge is 0.480 e. The van der Waals surface area contributed by atoms with Crippen molar-refractivity contribution in [1.29, 1.82) is 0 Å². The molecule has 0 unspecified atom stereocenters. The van der Waals surface area contributed by atoms with Crippen LogP contribution >= 0.6 is 0 Å². The van der Waals surface area contributed by atoms with Crippen LogP contribution in [-0.2, 0) is 4.79 Å². The Kier molecular flexibility index (Phi) is 6.25. The van der Waals surface area contributed by atoms with Crippen LogP contribution in [0.5, 0.6) is 0 Å². The molecule has 0 heterocycles. The van der Waals surface area contributed by atoms with E-state index in [9.17, 15) is 24.8 Å². The highest BCUT2D eigenvalue weighted by Crippen LogP contribution is 2.25. The lowest BCUT2D eigenvalue weighted by Crippen LogP contribution is -2.55. The van der Waals surface area contributed by atoms with Crippen molar-refractivity contribution in [3.05, 3.63) is 69.8 Å². The number of nitrogens with two attached hydrogens (primary N) is 1. The molecule has 0 aliphatic heterocycles. The van der Waals surface area contributed by atoms with Crippen molar-refractivity contribution in [3.63, 3.8) is 0 Å². The fourth-order valence-corrected chi connectivity index (χ4v) is 2.71. The molecular weight excluding hydrogens is 350 g/mol. The van der Waals surface area contributed by atoms with Gasteiger partial charge in [-0.15, -0.1) is 0 Å². The molecule has 0 aromatic heterocycles. The predicted octanol–water partition coefficient (Wildman–Crippen LogP) is 2.76. The number of nitrogens with zero attached hydrogens (tertiary/aromatic N) is 1. The first-order valence-corrected chi connectivity index (χ1v) is 8.37. The van der Waals surface area contributed by atoms with Gasteiger partial charge in [0.2, 0.25) is 0 Å². The number of nitrogens with one attached hydrogen (secondary N) is 1. The first-order chi connectivity index (χ1) is 12.8. The van der Waals surface area contributed by atoms with Gasteiger partial charge in [0.05, 0.1) is 4.92 Å². The van der Waals surface area contributed by atoms with Gasteiger partial charge in [0.1, 0.15) is 5.69 Å². The minimum Gasteiger partial charge on any atom is -0.480 e. The first-order valence-electron chi connectivity index (χ1n) is 8.37. The second kappa shape index (κ2) is 8.41. The average molecular weight is 371 g/mol. The van der Waals surface area contributed by atoms with Crippen LogP contribution in [0, 0.1) is 17.0 Å². The van der Waals surface area contributed by atoms with E-state index in [1.54, 1.807) is 30.3 Å². The zero-order valence-electron chi connectivity index (χ0n) is 14.8. The van der Waals surface area contributed by atoms with Crippen LogP contribution in [0.2, 0.25) is 0 Å². The number of hydrogen-bond donors (Lipinski definition) is 3. The highest BCUT2D eigenvalue weighted by atomic mass is 16.6. The minimum atomic E-state index is -2.05. The summed E-state index contributed by atoms with van der Waals surface area (Å²) in [5, 5.41) is 23.5. The molecule has 1 atom stereocenters. The number of carbonyl (C=O) groups excluding carboxylic acids is 1. The summed E-state index contributed by atoms with van der Waals surface area (Å²) in [6.45, 7) is 2.04. The van der Waals surface area contributed by atoms with Crippen molar-refractivity contribution in [3.8, 4) is 0 Å². The SMILES string of the molecule is Cc1ccc([N+](=O)[O-])c(NCCC[C@@](N)(C(=O)O)C(=O)c2ccccc2)c1. The Morgan fingerprint density at radius 1 is 1.22 bits per heavy atom. The van der Waals surface area contributed by atoms with E-state index in [1.165, 1.54) is 18.2 Å². The summed E-state index contributed by atoms with van der Waals surface area (Å²) in [7, 11) is 0. The number of benzene rings is 2. The van der Waals surface area contributed by atoms with Crippen molar-refractivity contribution in [2.75, 3.05) is 11.9 Å². The van der Waals surface area contributed by atoms with Gasteiger partial charge in [-0.25, -0.2) is 4.79 Å². The number of rotatable bonds is 9. The zero-order chi connectivity index (χ0) is 20.0. The highest BCUT2D eigenvalue weighted by Gasteiger charge is 2.41. The smallest absolute Gasteiger partial charge is 0.331 e. The number of aliphatic carboxylic acids is 1. The van der Waals surface area contributed by atoms with Crippen molar-refractivity contribution in [2.24, 2.45) is 5.73 Å². The Morgan fingerprint density at radius 2 is 1.89 bits per heavy atom. The van der Waals surface area contributed by atoms with E-state index < -0.39 is 22.2 Å². The number of nitro groups is 1. The second-order valence-corrected chi connectivity index (χ2v) is 6.28. The summed E-state index contributed by atoms with van der Waals surface area (Å²) >= 11 is 0. The van der Waals surface area contributed by atoms with Crippen LogP contribution in [0.15, 0.2) is 48.5 Å². The quantitative estimate of drug-likeness (QED) is 0.203. The Balaban J connectivity index is 2.06. The third-order valence-electron chi connectivity index (χ3n) is 4.23. The number of carbonyl (C=O) groups is 2. The van der Waals surface area contributed by atoms with E-state index in [1.807, 2.05) is 6.92 Å². The van der Waals surface area contributed by atoms with E-state index in [2.05, 4.69) is 5.32 Å². The zero-order valence-corrected chi connectivity index (χ0v) is 14.8. The van der Waals surface area contributed by atoms with Gasteiger partial charge in [-0.05, 0) is 31.4 Å². The van der Waals surface area contributed by atoms with Crippen LogP contribution in [0.1, 0.15) is 28.8 Å². The molecule has 0 bridgehead atoms. The molecule has 0 spiro atoms. The molecule has 0 amide bonds. The minimum absolute atomic E-state index is 0.0711. The predicted molar refractivity (Wildman–Crippen MR) is 101 cm³/mol. The third-order valence-corrected chi connectivity index (χ3v) is 4.23. The maximum Gasteiger partial charge on any atom is 0.331 e. The Bertz CT molecular complexity index is 854. The summed E-state index contributed by atoms with van der Waals surface area (Å²) in [4.78, 5) is 34.8. The van der Waals surface area contributed by atoms with Crippen LogP contribution in [0.25, 0.3) is 0 Å². The van der Waals surface area contributed by atoms with E-state index in [4.69, 9.17) is 5.73 Å². The summed E-state index contributed by atoms with van der Waals surface area (Å²) < 4.78 is 0. The molecular formula is C19H21N3O5. The number of carboxylic acid groups (broad SMARTS) is 1. The average Bonchev–Trinajstić information content (AvgIpc) is 2.64. The molecule has 2 aromatic carbocycles. The molecule has 2 aromatic rings. The molecule has 0 saturated heterocycles. The lowest BCUT2D eigenvalue weighted by atomic mass is 9.86. The van der Waals surface area contributed by atoms with Gasteiger partial charge in [0.15, 0.2) is 11.3 Å². The van der Waals surface area contributed by atoms with Gasteiger partial charge in [0.25, 0.3) is 5.69 Å². The van der Waals surface area contributed by atoms with Crippen molar-refractivity contribution >= 4 is 23.1 Å². The standard InChI is InChI=1S/C19H21N3O5/c1-13-8-9-16(22(26)27)15(12-13)21-11-5-10-19(20,18(24)25)17(23)14-6-3-2-4-7-14/h2-4,6-9,12,21H,5,10-11,20H2,1H3,(H,24,25)/t19-/m0/s1. The molecule has 4 N–H and O–H groups in total. The second-order valence-electron chi connectivity index (χ2n) is 6.28. The Labute approximate surface area is 156 Å². The van der Waals surface area contributed by atoms with Gasteiger partial charge in [-0.3, -0.25) is 14.9 Å². The Hall–Kier alpha value is -3.26. The van der Waals surface area contributed by atoms with Gasteiger partial charge in [-0.2, -0.15) is 0 Å². The van der Waals surface area contributed by atoms with E-state index in [0.29, 0.717) is 5.69 Å². The van der Waals surface area contributed by atoms with Gasteiger partial charge in [0, 0.05) is 18.2 Å². The molecule has 8 nitrogen and oxygen atoms in total. The van der Waals surface area contributed by atoms with Gasteiger partial charge >= 0.3 is 5.97 Å². The fourth-order valence-electron chi connectivity index (χ4n) is 2.71. The summed E-state index contributed by atoms with van der Waals surface area (Å²) in [5.74, 6) is -2.07. The molecule has 8 heteroatoms. The summed E-state index contributed by atoms with van der Waals surface area (Å²) in [5.41, 5.74) is 5.20. The normalized spacial score (nSPS) is 12.8. The number of nitro benzene ring substituents is 1. The van der Waals surface area contributed by atoms with Crippen LogP contribution in [-0.4, -0.2) is 33.9 Å². The van der Waals surface area contributed by atoms with E-state index in [0.717, 1.165) is 5.56 Å². The molecule has 27 heavy (non-hydrogen) atoms. The molecule has 142 valence electrons. The van der Waals surface area contributed by atoms with Crippen LogP contribution in [0.4, 0.5) is 11.4 Å². The number of Topliss-reactive ketones (excluding diaryl/α,β-unsaturated/α-hetero) is 1. The molecule has 0 saturated carbocycles.